The number of β-lactam (4-membered cyclic amide) rings is 1. The summed E-state index contributed by atoms with van der Waals surface area (Å²) in [6.07, 6.45) is 0.185. The molecule has 104 valence electrons. The molecule has 1 atom stereocenters. The van der Waals surface area contributed by atoms with Crippen molar-refractivity contribution < 1.29 is 9.59 Å². The maximum absolute atomic E-state index is 12.6. The smallest absolute Gasteiger partial charge is 0.255 e. The van der Waals surface area contributed by atoms with Crippen LogP contribution < -0.4 is 10.2 Å². The van der Waals surface area contributed by atoms with E-state index >= 15 is 0 Å². The van der Waals surface area contributed by atoms with Gasteiger partial charge in [0.15, 0.2) is 5.54 Å². The molecule has 2 aliphatic heterocycles. The minimum atomic E-state index is -0.931. The van der Waals surface area contributed by atoms with Gasteiger partial charge in [-0.15, -0.1) is 0 Å². The van der Waals surface area contributed by atoms with Crippen LogP contribution >= 0.6 is 11.6 Å². The van der Waals surface area contributed by atoms with E-state index in [0.29, 0.717) is 16.4 Å². The Morgan fingerprint density at radius 2 is 1.86 bits per heavy atom. The Labute approximate surface area is 126 Å². The molecule has 4 nitrogen and oxygen atoms in total. The summed E-state index contributed by atoms with van der Waals surface area (Å²) in [5.74, 6) is -0.250. The van der Waals surface area contributed by atoms with Crippen LogP contribution in [0.3, 0.4) is 0 Å². The molecule has 1 fully saturated rings. The summed E-state index contributed by atoms with van der Waals surface area (Å²) in [4.78, 5) is 26.4. The second-order valence-corrected chi connectivity index (χ2v) is 5.68. The Bertz CT molecular complexity index is 775. The number of nitrogens with zero attached hydrogens (tertiary/aromatic N) is 1. The molecule has 2 aromatic rings. The van der Waals surface area contributed by atoms with Gasteiger partial charge in [0, 0.05) is 5.02 Å². The van der Waals surface area contributed by atoms with Gasteiger partial charge in [0.25, 0.3) is 5.91 Å². The average Bonchev–Trinajstić information content (AvgIpc) is 2.47. The first-order valence-corrected chi connectivity index (χ1v) is 7.00. The monoisotopic (exact) mass is 298 g/mol. The number of nitrogens with one attached hydrogen (secondary N) is 1. The lowest BCUT2D eigenvalue weighted by Gasteiger charge is -2.53. The summed E-state index contributed by atoms with van der Waals surface area (Å²) >= 11 is 5.96. The number of rotatable bonds is 1. The third-order valence-corrected chi connectivity index (χ3v) is 4.35. The van der Waals surface area contributed by atoms with Crippen LogP contribution in [0.25, 0.3) is 0 Å². The Morgan fingerprint density at radius 1 is 1.10 bits per heavy atom. The average molecular weight is 299 g/mol. The molecule has 0 aliphatic carbocycles. The van der Waals surface area contributed by atoms with Crippen molar-refractivity contribution in [3.05, 3.63) is 59.1 Å². The molecule has 1 N–H and O–H groups in total. The molecule has 21 heavy (non-hydrogen) atoms. The molecule has 2 aliphatic rings. The standard InChI is InChI=1S/C16H11ClN2O2/c17-11-6-7-13-12(8-11)18-15(21)16(9-14(20)19(13)16)10-4-2-1-3-5-10/h1-8H,9H2,(H,18,21). The normalized spacial score (nSPS) is 23.0. The van der Waals surface area contributed by atoms with E-state index in [2.05, 4.69) is 5.32 Å². The van der Waals surface area contributed by atoms with Gasteiger partial charge in [-0.2, -0.15) is 0 Å². The van der Waals surface area contributed by atoms with Gasteiger partial charge in [-0.05, 0) is 23.8 Å². The number of hydrogen-bond acceptors (Lipinski definition) is 2. The number of fused-ring (bicyclic) bond motifs is 3. The zero-order chi connectivity index (χ0) is 14.6. The second kappa shape index (κ2) is 4.09. The molecule has 0 bridgehead atoms. The predicted octanol–water partition coefficient (Wildman–Crippen LogP) is 2.92. The van der Waals surface area contributed by atoms with E-state index in [9.17, 15) is 9.59 Å². The minimum absolute atomic E-state index is 0.0581. The first kappa shape index (κ1) is 12.4. The van der Waals surface area contributed by atoms with Crippen molar-refractivity contribution in [3.8, 4) is 0 Å². The molecule has 2 aromatic carbocycles. The van der Waals surface area contributed by atoms with Crippen LogP contribution in [-0.4, -0.2) is 11.8 Å². The number of amides is 2. The Kier molecular flexibility index (Phi) is 2.41. The van der Waals surface area contributed by atoms with E-state index in [-0.39, 0.29) is 18.2 Å². The fraction of sp³-hybridized carbons (Fsp3) is 0.125. The summed E-state index contributed by atoms with van der Waals surface area (Å²) in [7, 11) is 0. The number of benzene rings is 2. The molecule has 0 radical (unpaired) electrons. The molecular formula is C16H11ClN2O2. The molecular weight excluding hydrogens is 288 g/mol. The third-order valence-electron chi connectivity index (χ3n) is 4.11. The Balaban J connectivity index is 1.93. The van der Waals surface area contributed by atoms with E-state index in [4.69, 9.17) is 11.6 Å². The lowest BCUT2D eigenvalue weighted by molar-refractivity contribution is -0.137. The Morgan fingerprint density at radius 3 is 2.57 bits per heavy atom. The van der Waals surface area contributed by atoms with Gasteiger partial charge in [0.05, 0.1) is 17.8 Å². The van der Waals surface area contributed by atoms with Gasteiger partial charge in [-0.3, -0.25) is 14.5 Å². The van der Waals surface area contributed by atoms with Crippen LogP contribution in [0.15, 0.2) is 48.5 Å². The van der Waals surface area contributed by atoms with E-state index in [1.54, 1.807) is 23.1 Å². The minimum Gasteiger partial charge on any atom is -0.322 e. The fourth-order valence-corrected chi connectivity index (χ4v) is 3.30. The van der Waals surface area contributed by atoms with Crippen molar-refractivity contribution >= 4 is 34.8 Å². The molecule has 2 heterocycles. The molecule has 1 unspecified atom stereocenters. The highest BCUT2D eigenvalue weighted by Gasteiger charge is 2.60. The SMILES string of the molecule is O=C1CC2(c3ccccc3)C(=O)Nc3cc(Cl)ccc3N12. The van der Waals surface area contributed by atoms with E-state index in [1.165, 1.54) is 0 Å². The number of hydrogen-bond donors (Lipinski definition) is 1. The highest BCUT2D eigenvalue weighted by atomic mass is 35.5. The first-order chi connectivity index (χ1) is 10.1. The topological polar surface area (TPSA) is 49.4 Å². The second-order valence-electron chi connectivity index (χ2n) is 5.25. The van der Waals surface area contributed by atoms with E-state index in [1.807, 2.05) is 30.3 Å². The highest BCUT2D eigenvalue weighted by Crippen LogP contribution is 2.51. The number of anilines is 2. The van der Waals surface area contributed by atoms with Gasteiger partial charge in [0.1, 0.15) is 0 Å². The van der Waals surface area contributed by atoms with Gasteiger partial charge in [-0.25, -0.2) is 0 Å². The molecule has 0 spiro atoms. The zero-order valence-electron chi connectivity index (χ0n) is 11.0. The maximum Gasteiger partial charge on any atom is 0.255 e. The molecule has 0 saturated carbocycles. The predicted molar refractivity (Wildman–Crippen MR) is 80.3 cm³/mol. The fourth-order valence-electron chi connectivity index (χ4n) is 3.13. The van der Waals surface area contributed by atoms with E-state index in [0.717, 1.165) is 5.56 Å². The molecule has 0 aromatic heterocycles. The summed E-state index contributed by atoms with van der Waals surface area (Å²) in [6.45, 7) is 0. The van der Waals surface area contributed by atoms with Crippen molar-refractivity contribution in [2.24, 2.45) is 0 Å². The number of carbonyl (C=O) groups is 2. The molecule has 5 heteroatoms. The quantitative estimate of drug-likeness (QED) is 0.823. The lowest BCUT2D eigenvalue weighted by Crippen LogP contribution is -2.69. The highest BCUT2D eigenvalue weighted by molar-refractivity contribution is 6.31. The molecule has 1 saturated heterocycles. The summed E-state index contributed by atoms with van der Waals surface area (Å²) < 4.78 is 0. The van der Waals surface area contributed by atoms with Crippen molar-refractivity contribution in [1.29, 1.82) is 0 Å². The van der Waals surface area contributed by atoms with Gasteiger partial charge < -0.3 is 5.32 Å². The molecule has 2 amide bonds. The van der Waals surface area contributed by atoms with Crippen LogP contribution in [0, 0.1) is 0 Å². The van der Waals surface area contributed by atoms with Crippen LogP contribution in [0.4, 0.5) is 11.4 Å². The summed E-state index contributed by atoms with van der Waals surface area (Å²) in [6, 6.07) is 14.5. The summed E-state index contributed by atoms with van der Waals surface area (Å²) in [5.41, 5.74) is 1.16. The van der Waals surface area contributed by atoms with Crippen molar-refractivity contribution in [2.75, 3.05) is 10.2 Å². The Hall–Kier alpha value is -2.33. The van der Waals surface area contributed by atoms with Crippen LogP contribution in [0.5, 0.6) is 0 Å². The van der Waals surface area contributed by atoms with Crippen molar-refractivity contribution in [2.45, 2.75) is 12.0 Å². The van der Waals surface area contributed by atoms with E-state index < -0.39 is 5.54 Å². The first-order valence-electron chi connectivity index (χ1n) is 6.62. The zero-order valence-corrected chi connectivity index (χ0v) is 11.7. The number of halogens is 1. The van der Waals surface area contributed by atoms with Gasteiger partial charge in [-0.1, -0.05) is 41.9 Å². The van der Waals surface area contributed by atoms with Crippen molar-refractivity contribution in [3.63, 3.8) is 0 Å². The van der Waals surface area contributed by atoms with Crippen LogP contribution in [0.2, 0.25) is 5.02 Å². The van der Waals surface area contributed by atoms with Crippen molar-refractivity contribution in [1.82, 2.24) is 0 Å². The number of carbonyl (C=O) groups excluding carboxylic acids is 2. The summed E-state index contributed by atoms with van der Waals surface area (Å²) in [5, 5.41) is 3.40. The lowest BCUT2D eigenvalue weighted by atomic mass is 9.74. The van der Waals surface area contributed by atoms with Gasteiger partial charge in [0.2, 0.25) is 5.91 Å². The maximum atomic E-state index is 12.6. The van der Waals surface area contributed by atoms with Crippen LogP contribution in [-0.2, 0) is 15.1 Å². The molecule has 4 rings (SSSR count). The third kappa shape index (κ3) is 1.51. The largest absolute Gasteiger partial charge is 0.322 e. The van der Waals surface area contributed by atoms with Crippen LogP contribution in [0.1, 0.15) is 12.0 Å². The van der Waals surface area contributed by atoms with Gasteiger partial charge >= 0.3 is 0 Å².